The molecular formula is C11H20O2. The molecule has 0 saturated heterocycles. The van der Waals surface area contributed by atoms with E-state index < -0.39 is 0 Å². The lowest BCUT2D eigenvalue weighted by Crippen LogP contribution is -2.32. The standard InChI is InChI=1S/C11H20O2/c1-6-8-11(4,5)10(7-2)13-9(3)12/h6,10H,1,7-8H2,2-5H3/t10-/m1/s1. The lowest BCUT2D eigenvalue weighted by Gasteiger charge is -2.32. The molecule has 76 valence electrons. The molecule has 0 aromatic heterocycles. The molecular weight excluding hydrogens is 164 g/mol. The van der Waals surface area contributed by atoms with Crippen LogP contribution in [0.4, 0.5) is 0 Å². The molecule has 0 fully saturated rings. The van der Waals surface area contributed by atoms with Gasteiger partial charge in [-0.2, -0.15) is 0 Å². The van der Waals surface area contributed by atoms with Crippen LogP contribution >= 0.6 is 0 Å². The van der Waals surface area contributed by atoms with E-state index in [0.29, 0.717) is 0 Å². The van der Waals surface area contributed by atoms with Crippen molar-refractivity contribution in [2.45, 2.75) is 46.6 Å². The van der Waals surface area contributed by atoms with Crippen molar-refractivity contribution in [3.05, 3.63) is 12.7 Å². The summed E-state index contributed by atoms with van der Waals surface area (Å²) in [6.45, 7) is 11.4. The summed E-state index contributed by atoms with van der Waals surface area (Å²) in [5.41, 5.74) is -0.0117. The second-order valence-corrected chi connectivity index (χ2v) is 3.99. The van der Waals surface area contributed by atoms with Crippen molar-refractivity contribution in [3.63, 3.8) is 0 Å². The van der Waals surface area contributed by atoms with Crippen molar-refractivity contribution in [1.82, 2.24) is 0 Å². The van der Waals surface area contributed by atoms with Crippen molar-refractivity contribution in [1.29, 1.82) is 0 Å². The number of allylic oxidation sites excluding steroid dienone is 1. The van der Waals surface area contributed by atoms with Crippen LogP contribution in [0.15, 0.2) is 12.7 Å². The third-order valence-corrected chi connectivity index (χ3v) is 2.22. The van der Waals surface area contributed by atoms with Gasteiger partial charge in [-0.25, -0.2) is 0 Å². The van der Waals surface area contributed by atoms with Gasteiger partial charge in [0, 0.05) is 12.3 Å². The summed E-state index contributed by atoms with van der Waals surface area (Å²) >= 11 is 0. The minimum atomic E-state index is -0.205. The van der Waals surface area contributed by atoms with Gasteiger partial charge in [0.25, 0.3) is 0 Å². The highest BCUT2D eigenvalue weighted by Crippen LogP contribution is 2.30. The quantitative estimate of drug-likeness (QED) is 0.485. The van der Waals surface area contributed by atoms with E-state index in [4.69, 9.17) is 4.74 Å². The molecule has 0 radical (unpaired) electrons. The maximum atomic E-state index is 10.8. The summed E-state index contributed by atoms with van der Waals surface area (Å²) in [5.74, 6) is -0.205. The monoisotopic (exact) mass is 184 g/mol. The first-order valence-corrected chi connectivity index (χ1v) is 4.72. The molecule has 0 bridgehead atoms. The smallest absolute Gasteiger partial charge is 0.302 e. The van der Waals surface area contributed by atoms with E-state index in [1.807, 2.05) is 13.0 Å². The number of ether oxygens (including phenoxy) is 1. The van der Waals surface area contributed by atoms with Crippen molar-refractivity contribution in [2.24, 2.45) is 5.41 Å². The average molecular weight is 184 g/mol. The van der Waals surface area contributed by atoms with Gasteiger partial charge in [-0.1, -0.05) is 26.8 Å². The highest BCUT2D eigenvalue weighted by Gasteiger charge is 2.29. The van der Waals surface area contributed by atoms with Crippen LogP contribution in [0.3, 0.4) is 0 Å². The van der Waals surface area contributed by atoms with E-state index in [9.17, 15) is 4.79 Å². The lowest BCUT2D eigenvalue weighted by molar-refractivity contribution is -0.152. The van der Waals surface area contributed by atoms with Crippen LogP contribution in [-0.4, -0.2) is 12.1 Å². The van der Waals surface area contributed by atoms with Crippen LogP contribution in [0.25, 0.3) is 0 Å². The molecule has 0 heterocycles. The topological polar surface area (TPSA) is 26.3 Å². The Balaban J connectivity index is 4.35. The summed E-state index contributed by atoms with van der Waals surface area (Å²) in [6, 6.07) is 0. The van der Waals surface area contributed by atoms with Crippen LogP contribution in [-0.2, 0) is 9.53 Å². The Hall–Kier alpha value is -0.790. The van der Waals surface area contributed by atoms with Crippen LogP contribution in [0.5, 0.6) is 0 Å². The Morgan fingerprint density at radius 3 is 2.46 bits per heavy atom. The predicted octanol–water partition coefficient (Wildman–Crippen LogP) is 2.93. The average Bonchev–Trinajstić information content (AvgIpc) is 1.99. The largest absolute Gasteiger partial charge is 0.462 e. The van der Waals surface area contributed by atoms with Gasteiger partial charge in [0.2, 0.25) is 0 Å². The molecule has 0 saturated carbocycles. The van der Waals surface area contributed by atoms with Gasteiger partial charge in [-0.05, 0) is 12.8 Å². The first-order valence-electron chi connectivity index (χ1n) is 4.72. The first kappa shape index (κ1) is 12.2. The zero-order valence-corrected chi connectivity index (χ0v) is 9.09. The van der Waals surface area contributed by atoms with Gasteiger partial charge < -0.3 is 4.74 Å². The third kappa shape index (κ3) is 4.11. The maximum absolute atomic E-state index is 10.8. The van der Waals surface area contributed by atoms with E-state index in [-0.39, 0.29) is 17.5 Å². The Bertz CT molecular complexity index is 183. The normalized spacial score (nSPS) is 13.5. The molecule has 0 amide bonds. The summed E-state index contributed by atoms with van der Waals surface area (Å²) in [5, 5.41) is 0. The van der Waals surface area contributed by atoms with Crippen LogP contribution < -0.4 is 0 Å². The highest BCUT2D eigenvalue weighted by molar-refractivity contribution is 5.66. The van der Waals surface area contributed by atoms with E-state index >= 15 is 0 Å². The second kappa shape index (κ2) is 5.05. The first-order chi connectivity index (χ1) is 5.94. The molecule has 0 rings (SSSR count). The Labute approximate surface area is 81.0 Å². The molecule has 0 aliphatic rings. The lowest BCUT2D eigenvalue weighted by atomic mass is 9.82. The highest BCUT2D eigenvalue weighted by atomic mass is 16.5. The molecule has 2 heteroatoms. The number of hydrogen-bond acceptors (Lipinski definition) is 2. The van der Waals surface area contributed by atoms with Gasteiger partial charge >= 0.3 is 5.97 Å². The van der Waals surface area contributed by atoms with Crippen molar-refractivity contribution in [3.8, 4) is 0 Å². The Morgan fingerprint density at radius 1 is 1.62 bits per heavy atom. The molecule has 2 nitrogen and oxygen atoms in total. The second-order valence-electron chi connectivity index (χ2n) is 3.99. The van der Waals surface area contributed by atoms with Crippen molar-refractivity contribution >= 4 is 5.97 Å². The molecule has 0 aliphatic carbocycles. The van der Waals surface area contributed by atoms with Gasteiger partial charge in [0.05, 0.1) is 0 Å². The number of carbonyl (C=O) groups is 1. The zero-order valence-electron chi connectivity index (χ0n) is 9.09. The number of rotatable bonds is 5. The molecule has 0 N–H and O–H groups in total. The fraction of sp³-hybridized carbons (Fsp3) is 0.727. The zero-order chi connectivity index (χ0) is 10.5. The molecule has 0 spiro atoms. The van der Waals surface area contributed by atoms with Gasteiger partial charge in [0.1, 0.15) is 6.10 Å². The number of carbonyl (C=O) groups excluding carboxylic acids is 1. The maximum Gasteiger partial charge on any atom is 0.302 e. The SMILES string of the molecule is C=CCC(C)(C)[C@@H](CC)OC(C)=O. The molecule has 0 aromatic rings. The van der Waals surface area contributed by atoms with E-state index in [0.717, 1.165) is 12.8 Å². The summed E-state index contributed by atoms with van der Waals surface area (Å²) in [7, 11) is 0. The summed E-state index contributed by atoms with van der Waals surface area (Å²) < 4.78 is 5.23. The fourth-order valence-corrected chi connectivity index (χ4v) is 1.50. The van der Waals surface area contributed by atoms with E-state index in [1.54, 1.807) is 0 Å². The molecule has 0 aliphatic heterocycles. The van der Waals surface area contributed by atoms with Crippen molar-refractivity contribution < 1.29 is 9.53 Å². The van der Waals surface area contributed by atoms with E-state index in [1.165, 1.54) is 6.92 Å². The third-order valence-electron chi connectivity index (χ3n) is 2.22. The molecule has 1 atom stereocenters. The van der Waals surface area contributed by atoms with Crippen LogP contribution in [0.2, 0.25) is 0 Å². The predicted molar refractivity (Wildman–Crippen MR) is 54.4 cm³/mol. The summed E-state index contributed by atoms with van der Waals surface area (Å²) in [6.07, 6.45) is 3.56. The van der Waals surface area contributed by atoms with Crippen LogP contribution in [0.1, 0.15) is 40.5 Å². The fourth-order valence-electron chi connectivity index (χ4n) is 1.50. The Kier molecular flexibility index (Phi) is 4.74. The molecule has 13 heavy (non-hydrogen) atoms. The van der Waals surface area contributed by atoms with Crippen molar-refractivity contribution in [2.75, 3.05) is 0 Å². The minimum Gasteiger partial charge on any atom is -0.462 e. The summed E-state index contributed by atoms with van der Waals surface area (Å²) in [4.78, 5) is 10.8. The minimum absolute atomic E-state index is 0.0111. The Morgan fingerprint density at radius 2 is 2.15 bits per heavy atom. The molecule has 0 unspecified atom stereocenters. The van der Waals surface area contributed by atoms with Gasteiger partial charge in [-0.15, -0.1) is 6.58 Å². The number of hydrogen-bond donors (Lipinski definition) is 0. The van der Waals surface area contributed by atoms with Gasteiger partial charge in [0.15, 0.2) is 0 Å². The van der Waals surface area contributed by atoms with Gasteiger partial charge in [-0.3, -0.25) is 4.79 Å². The van der Waals surface area contributed by atoms with E-state index in [2.05, 4.69) is 20.4 Å². The number of esters is 1. The van der Waals surface area contributed by atoms with Crippen LogP contribution in [0, 0.1) is 5.41 Å². The molecule has 0 aromatic carbocycles.